The Bertz CT molecular complexity index is 404. The zero-order valence-electron chi connectivity index (χ0n) is 10.3. The third-order valence-electron chi connectivity index (χ3n) is 4.26. The Hall–Kier alpha value is -0.160. The summed E-state index contributed by atoms with van der Waals surface area (Å²) in [6, 6.07) is 0. The van der Waals surface area contributed by atoms with Crippen molar-refractivity contribution < 1.29 is 15.0 Å². The molecule has 2 N–H and O–H groups in total. The highest BCUT2D eigenvalue weighted by atomic mass is 35.6. The van der Waals surface area contributed by atoms with Crippen LogP contribution in [0.1, 0.15) is 19.3 Å². The van der Waals surface area contributed by atoms with Crippen LogP contribution in [0, 0.1) is 11.3 Å². The number of alkyl halides is 3. The van der Waals surface area contributed by atoms with Crippen LogP contribution in [-0.2, 0) is 0 Å². The lowest BCUT2D eigenvalue weighted by molar-refractivity contribution is -0.0261. The number of carbonyl (C=O) groups is 1. The number of halogens is 3. The molecular formula is C12H16Cl3NO3. The van der Waals surface area contributed by atoms with Crippen molar-refractivity contribution in [2.45, 2.75) is 28.7 Å². The number of aliphatic hydroxyl groups is 1. The van der Waals surface area contributed by atoms with Crippen LogP contribution in [0.2, 0.25) is 0 Å². The first-order chi connectivity index (χ1) is 8.63. The molecule has 0 aromatic carbocycles. The second-order valence-corrected chi connectivity index (χ2v) is 7.94. The number of hydrogen-bond acceptors (Lipinski definition) is 2. The van der Waals surface area contributed by atoms with Crippen LogP contribution in [0.25, 0.3) is 0 Å². The highest BCUT2D eigenvalue weighted by molar-refractivity contribution is 6.68. The number of allylic oxidation sites excluding steroid dienone is 1. The number of hydrogen-bond donors (Lipinski definition) is 2. The molecule has 0 bridgehead atoms. The minimum Gasteiger partial charge on any atom is -0.465 e. The van der Waals surface area contributed by atoms with E-state index in [0.29, 0.717) is 32.4 Å². The molecule has 1 amide bonds. The average Bonchev–Trinajstić information content (AvgIpc) is 2.51. The van der Waals surface area contributed by atoms with Gasteiger partial charge in [-0.1, -0.05) is 40.9 Å². The molecule has 2 rings (SSSR count). The normalized spacial score (nSPS) is 33.3. The minimum absolute atomic E-state index is 0.214. The summed E-state index contributed by atoms with van der Waals surface area (Å²) in [4.78, 5) is 12.2. The topological polar surface area (TPSA) is 60.8 Å². The summed E-state index contributed by atoms with van der Waals surface area (Å²) >= 11 is 17.8. The third kappa shape index (κ3) is 2.44. The summed E-state index contributed by atoms with van der Waals surface area (Å²) in [5.41, 5.74) is -1.71. The van der Waals surface area contributed by atoms with Crippen LogP contribution in [0.15, 0.2) is 12.7 Å². The lowest BCUT2D eigenvalue weighted by Gasteiger charge is -2.47. The molecule has 1 saturated carbocycles. The molecule has 19 heavy (non-hydrogen) atoms. The van der Waals surface area contributed by atoms with Crippen LogP contribution in [0.4, 0.5) is 4.79 Å². The molecule has 0 aromatic rings. The standard InChI is InChI=1S/C12H16Cl3NO3/c1-2-3-8-4-10(6-16(7-10)9(17)18)5-11(8,19)12(13,14)15/h2,8,19H,1,3-7H2,(H,17,18). The Morgan fingerprint density at radius 2 is 2.05 bits per heavy atom. The van der Waals surface area contributed by atoms with Crippen molar-refractivity contribution in [3.63, 3.8) is 0 Å². The highest BCUT2D eigenvalue weighted by Crippen LogP contribution is 2.60. The van der Waals surface area contributed by atoms with Crippen molar-refractivity contribution in [2.75, 3.05) is 13.1 Å². The fourth-order valence-electron chi connectivity index (χ4n) is 3.43. The zero-order chi connectivity index (χ0) is 14.5. The van der Waals surface area contributed by atoms with Crippen LogP contribution in [-0.4, -0.2) is 43.7 Å². The van der Waals surface area contributed by atoms with Gasteiger partial charge in [0.25, 0.3) is 0 Å². The van der Waals surface area contributed by atoms with Crippen molar-refractivity contribution in [2.24, 2.45) is 11.3 Å². The second-order valence-electron chi connectivity index (χ2n) is 5.66. The van der Waals surface area contributed by atoms with E-state index in [1.54, 1.807) is 6.08 Å². The maximum atomic E-state index is 10.9. The molecule has 1 saturated heterocycles. The van der Waals surface area contributed by atoms with E-state index in [1.165, 1.54) is 4.90 Å². The summed E-state index contributed by atoms with van der Waals surface area (Å²) < 4.78 is -1.78. The van der Waals surface area contributed by atoms with Crippen LogP contribution in [0.5, 0.6) is 0 Å². The quantitative estimate of drug-likeness (QED) is 0.605. The van der Waals surface area contributed by atoms with E-state index < -0.39 is 15.5 Å². The molecule has 7 heteroatoms. The van der Waals surface area contributed by atoms with Gasteiger partial charge >= 0.3 is 6.09 Å². The van der Waals surface area contributed by atoms with Gasteiger partial charge < -0.3 is 15.1 Å². The summed E-state index contributed by atoms with van der Waals surface area (Å²) in [5.74, 6) is -0.214. The van der Waals surface area contributed by atoms with Gasteiger partial charge in [-0.05, 0) is 25.2 Å². The Balaban J connectivity index is 2.18. The molecule has 1 spiro atoms. The summed E-state index contributed by atoms with van der Waals surface area (Å²) in [7, 11) is 0. The molecule has 4 nitrogen and oxygen atoms in total. The summed E-state index contributed by atoms with van der Waals surface area (Å²) in [6.45, 7) is 4.44. The highest BCUT2D eigenvalue weighted by Gasteiger charge is 2.65. The summed E-state index contributed by atoms with van der Waals surface area (Å²) in [6.07, 6.45) is 2.24. The molecule has 0 radical (unpaired) electrons. The number of amides is 1. The molecule has 108 valence electrons. The van der Waals surface area contributed by atoms with Crippen molar-refractivity contribution in [3.8, 4) is 0 Å². The van der Waals surface area contributed by atoms with Gasteiger partial charge in [-0.25, -0.2) is 4.79 Å². The van der Waals surface area contributed by atoms with E-state index in [1.807, 2.05) is 0 Å². The fraction of sp³-hybridized carbons (Fsp3) is 0.750. The number of likely N-dealkylation sites (tertiary alicyclic amines) is 1. The van der Waals surface area contributed by atoms with Crippen LogP contribution in [0.3, 0.4) is 0 Å². The van der Waals surface area contributed by atoms with Gasteiger partial charge in [-0.15, -0.1) is 6.58 Å². The number of rotatable bonds is 2. The third-order valence-corrected chi connectivity index (χ3v) is 5.25. The molecule has 1 aliphatic carbocycles. The lowest BCUT2D eigenvalue weighted by Crippen LogP contribution is -2.58. The van der Waals surface area contributed by atoms with Crippen LogP contribution >= 0.6 is 34.8 Å². The zero-order valence-corrected chi connectivity index (χ0v) is 12.5. The van der Waals surface area contributed by atoms with Gasteiger partial charge in [0.15, 0.2) is 0 Å². The first-order valence-electron chi connectivity index (χ1n) is 6.01. The maximum absolute atomic E-state index is 10.9. The Kier molecular flexibility index (Phi) is 3.76. The van der Waals surface area contributed by atoms with Crippen molar-refractivity contribution >= 4 is 40.9 Å². The van der Waals surface area contributed by atoms with E-state index in [2.05, 4.69) is 6.58 Å². The maximum Gasteiger partial charge on any atom is 0.407 e. The van der Waals surface area contributed by atoms with Crippen molar-refractivity contribution in [1.29, 1.82) is 0 Å². The van der Waals surface area contributed by atoms with E-state index >= 15 is 0 Å². The molecule has 2 fully saturated rings. The Morgan fingerprint density at radius 3 is 2.47 bits per heavy atom. The SMILES string of the molecule is C=CCC1CC2(CN(C(=O)O)C2)CC1(O)C(Cl)(Cl)Cl. The van der Waals surface area contributed by atoms with Gasteiger partial charge in [0.2, 0.25) is 3.79 Å². The lowest BCUT2D eigenvalue weighted by atomic mass is 9.77. The predicted molar refractivity (Wildman–Crippen MR) is 74.8 cm³/mol. The predicted octanol–water partition coefficient (Wildman–Crippen LogP) is 3.05. The van der Waals surface area contributed by atoms with Gasteiger partial charge in [0.1, 0.15) is 5.60 Å². The summed E-state index contributed by atoms with van der Waals surface area (Å²) in [5, 5.41) is 19.6. The molecule has 1 heterocycles. The molecule has 1 aliphatic heterocycles. The van der Waals surface area contributed by atoms with E-state index in [4.69, 9.17) is 39.9 Å². The smallest absolute Gasteiger partial charge is 0.407 e. The van der Waals surface area contributed by atoms with Crippen molar-refractivity contribution in [1.82, 2.24) is 4.90 Å². The minimum atomic E-state index is -1.78. The van der Waals surface area contributed by atoms with Gasteiger partial charge in [0.05, 0.1) is 0 Å². The first kappa shape index (κ1) is 15.2. The van der Waals surface area contributed by atoms with Gasteiger partial charge in [-0.2, -0.15) is 0 Å². The molecular weight excluding hydrogens is 312 g/mol. The first-order valence-corrected chi connectivity index (χ1v) is 7.15. The Labute approximate surface area is 126 Å². The van der Waals surface area contributed by atoms with E-state index in [0.717, 1.165) is 0 Å². The number of nitrogens with zero attached hydrogens (tertiary/aromatic N) is 1. The number of carboxylic acid groups (broad SMARTS) is 1. The average molecular weight is 329 g/mol. The van der Waals surface area contributed by atoms with Gasteiger partial charge in [0, 0.05) is 18.5 Å². The second kappa shape index (κ2) is 4.69. The molecule has 2 atom stereocenters. The molecule has 2 unspecified atom stereocenters. The van der Waals surface area contributed by atoms with Crippen molar-refractivity contribution in [3.05, 3.63) is 12.7 Å². The van der Waals surface area contributed by atoms with Crippen LogP contribution < -0.4 is 0 Å². The Morgan fingerprint density at radius 1 is 1.47 bits per heavy atom. The van der Waals surface area contributed by atoms with E-state index in [-0.39, 0.29) is 11.3 Å². The molecule has 2 aliphatic rings. The largest absolute Gasteiger partial charge is 0.465 e. The molecule has 0 aromatic heterocycles. The van der Waals surface area contributed by atoms with E-state index in [9.17, 15) is 9.90 Å². The fourth-order valence-corrected chi connectivity index (χ4v) is 4.09. The monoisotopic (exact) mass is 327 g/mol. The van der Waals surface area contributed by atoms with Gasteiger partial charge in [-0.3, -0.25) is 0 Å².